The number of nitriles is 1. The minimum absolute atomic E-state index is 0.0507. The van der Waals surface area contributed by atoms with Crippen LogP contribution in [-0.4, -0.2) is 39.4 Å². The summed E-state index contributed by atoms with van der Waals surface area (Å²) in [6, 6.07) is 5.87. The number of rotatable bonds is 3. The van der Waals surface area contributed by atoms with Gasteiger partial charge in [0.05, 0.1) is 0 Å². The van der Waals surface area contributed by atoms with Crippen molar-refractivity contribution < 1.29 is 13.9 Å². The van der Waals surface area contributed by atoms with E-state index in [9.17, 15) is 9.18 Å². The Morgan fingerprint density at radius 2 is 2.35 bits per heavy atom. The fourth-order valence-corrected chi connectivity index (χ4v) is 2.59. The molecule has 1 aromatic heterocycles. The summed E-state index contributed by atoms with van der Waals surface area (Å²) in [7, 11) is 0. The monoisotopic (exact) mass is 463 g/mol. The van der Waals surface area contributed by atoms with Crippen LogP contribution >= 0.6 is 0 Å². The molecular formula is C13H9FN3O2Tl. The zero-order chi connectivity index (χ0) is 14.7. The van der Waals surface area contributed by atoms with Gasteiger partial charge in [0.15, 0.2) is 0 Å². The molecule has 20 heavy (non-hydrogen) atoms. The van der Waals surface area contributed by atoms with E-state index in [-0.39, 0.29) is 5.56 Å². The van der Waals surface area contributed by atoms with Gasteiger partial charge in [-0.15, -0.1) is 0 Å². The number of benzene rings is 1. The van der Waals surface area contributed by atoms with Crippen molar-refractivity contribution in [1.82, 2.24) is 7.36 Å². The third-order valence-electron chi connectivity index (χ3n) is 2.59. The molecule has 5 nitrogen and oxygen atoms in total. The van der Waals surface area contributed by atoms with Crippen molar-refractivity contribution >= 4 is 32.0 Å². The normalized spacial score (nSPS) is 11.6. The van der Waals surface area contributed by atoms with Gasteiger partial charge in [0.25, 0.3) is 0 Å². The molecule has 0 spiro atoms. The van der Waals surface area contributed by atoms with Crippen molar-refractivity contribution in [3.63, 3.8) is 0 Å². The summed E-state index contributed by atoms with van der Waals surface area (Å²) >= 11 is 0.539. The second kappa shape index (κ2) is 6.13. The van der Waals surface area contributed by atoms with Gasteiger partial charge in [0.1, 0.15) is 0 Å². The molecule has 0 radical (unpaired) electrons. The van der Waals surface area contributed by atoms with Gasteiger partial charge in [0.2, 0.25) is 0 Å². The first-order valence-electron chi connectivity index (χ1n) is 5.67. The molecule has 1 unspecified atom stereocenters. The number of ether oxygens (including phenoxy) is 1. The molecule has 7 heteroatoms. The average Bonchev–Trinajstić information content (AvgIpc) is 2.82. The van der Waals surface area contributed by atoms with E-state index in [2.05, 4.69) is 4.98 Å². The topological polar surface area (TPSA) is 67.9 Å². The number of nitrogens with zero attached hydrogens (tertiary/aromatic N) is 3. The first-order valence-corrected chi connectivity index (χ1v) is 7.67. The molecule has 1 aromatic carbocycles. The summed E-state index contributed by atoms with van der Waals surface area (Å²) in [5.74, 6) is -1.13. The number of halogens is 1. The van der Waals surface area contributed by atoms with Crippen molar-refractivity contribution in [2.24, 2.45) is 0 Å². The number of esters is 1. The fraction of sp³-hybridized carbons (Fsp3) is 0.154. The van der Waals surface area contributed by atoms with Crippen LogP contribution in [0.4, 0.5) is 4.39 Å². The number of aromatic nitrogens is 2. The first kappa shape index (κ1) is 14.6. The first-order chi connectivity index (χ1) is 9.51. The van der Waals surface area contributed by atoms with Gasteiger partial charge < -0.3 is 0 Å². The molecule has 0 aliphatic rings. The van der Waals surface area contributed by atoms with E-state index in [1.165, 1.54) is 19.1 Å². The number of imidazole rings is 1. The third kappa shape index (κ3) is 3.22. The molecule has 0 aliphatic carbocycles. The van der Waals surface area contributed by atoms with E-state index < -0.39 is 17.9 Å². The van der Waals surface area contributed by atoms with Gasteiger partial charge in [-0.2, -0.15) is 0 Å². The quantitative estimate of drug-likeness (QED) is 0.512. The Labute approximate surface area is 131 Å². The Bertz CT molecular complexity index is 693. The minimum atomic E-state index is -0.769. The Morgan fingerprint density at radius 1 is 1.60 bits per heavy atom. The molecule has 98 valence electrons. The van der Waals surface area contributed by atoms with Crippen molar-refractivity contribution in [2.75, 3.05) is 0 Å². The van der Waals surface area contributed by atoms with Crippen molar-refractivity contribution in [1.29, 1.82) is 5.26 Å². The molecule has 0 saturated carbocycles. The molecule has 0 N–H and O–H groups in total. The summed E-state index contributed by atoms with van der Waals surface area (Å²) in [5, 5.41) is 8.73. The molecule has 0 amide bonds. The van der Waals surface area contributed by atoms with Crippen molar-refractivity contribution in [3.8, 4) is 6.07 Å². The van der Waals surface area contributed by atoms with E-state index >= 15 is 0 Å². The van der Waals surface area contributed by atoms with E-state index in [1.807, 2.05) is 2.38 Å². The third-order valence-corrected chi connectivity index (χ3v) is 3.69. The maximum absolute atomic E-state index is 13.7. The summed E-state index contributed by atoms with van der Waals surface area (Å²) in [6.45, 7) is 1.28. The Hall–Kier alpha value is -1.76. The van der Waals surface area contributed by atoms with Crippen LogP contribution in [0, 0.1) is 17.1 Å². The van der Waals surface area contributed by atoms with Gasteiger partial charge in [-0.25, -0.2) is 0 Å². The predicted molar refractivity (Wildman–Crippen MR) is 68.1 cm³/mol. The number of hydrogen-bond acceptors (Lipinski definition) is 4. The zero-order valence-corrected chi connectivity index (χ0v) is 15.1. The van der Waals surface area contributed by atoms with Crippen molar-refractivity contribution in [3.05, 3.63) is 53.4 Å². The van der Waals surface area contributed by atoms with Crippen LogP contribution in [0.5, 0.6) is 0 Å². The molecule has 0 aliphatic heterocycles. The number of hydrogen-bond donors (Lipinski definition) is 0. The summed E-state index contributed by atoms with van der Waals surface area (Å²) < 4.78 is 20.8. The Kier molecular flexibility index (Phi) is 4.49. The molecule has 0 bridgehead atoms. The zero-order valence-electron chi connectivity index (χ0n) is 10.6. The van der Waals surface area contributed by atoms with Crippen LogP contribution in [0.3, 0.4) is 0 Å². The van der Waals surface area contributed by atoms with Crippen LogP contribution in [-0.2, 0) is 9.53 Å². The van der Waals surface area contributed by atoms with Gasteiger partial charge in [-0.3, -0.25) is 0 Å². The number of carbonyl (C=O) groups excluding carboxylic acids is 1. The molecular weight excluding hydrogens is 454 g/mol. The molecule has 0 saturated heterocycles. The number of carbonyl (C=O) groups is 1. The summed E-state index contributed by atoms with van der Waals surface area (Å²) in [5.41, 5.74) is 0.928. The second-order valence-corrected chi connectivity index (χ2v) is 6.40. The predicted octanol–water partition coefficient (Wildman–Crippen LogP) is 1.48. The Balaban J connectivity index is 2.44. The van der Waals surface area contributed by atoms with Crippen LogP contribution in [0.1, 0.15) is 29.8 Å². The van der Waals surface area contributed by atoms with Crippen LogP contribution in [0.2, 0.25) is 0 Å². The molecule has 2 rings (SSSR count). The van der Waals surface area contributed by atoms with Gasteiger partial charge in [0, 0.05) is 0 Å². The average molecular weight is 463 g/mol. The SMILES string of the molecule is CC(=O)OC(c1ccc(C#N)c(F)c1)c1c[n]([Tl])cn1. The summed E-state index contributed by atoms with van der Waals surface area (Å²) in [6.07, 6.45) is 2.62. The second-order valence-electron chi connectivity index (χ2n) is 4.09. The molecule has 1 atom stereocenters. The molecule has 0 fully saturated rings. The maximum atomic E-state index is 13.7. The van der Waals surface area contributed by atoms with Crippen LogP contribution < -0.4 is 0 Å². The van der Waals surface area contributed by atoms with E-state index in [0.717, 1.165) is 0 Å². The van der Waals surface area contributed by atoms with Gasteiger partial charge in [-0.1, -0.05) is 0 Å². The fourth-order valence-electron chi connectivity index (χ4n) is 1.74. The molecule has 2 aromatic rings. The summed E-state index contributed by atoms with van der Waals surface area (Å²) in [4.78, 5) is 15.4. The van der Waals surface area contributed by atoms with E-state index in [1.54, 1.807) is 24.7 Å². The van der Waals surface area contributed by atoms with Crippen LogP contribution in [0.15, 0.2) is 30.7 Å². The van der Waals surface area contributed by atoms with Crippen molar-refractivity contribution in [2.45, 2.75) is 13.0 Å². The van der Waals surface area contributed by atoms with Crippen LogP contribution in [0.25, 0.3) is 0 Å². The van der Waals surface area contributed by atoms with E-state index in [0.29, 0.717) is 37.3 Å². The Morgan fingerprint density at radius 3 is 2.85 bits per heavy atom. The standard InChI is InChI=1S/C13H9FN3O2.Tl/c1-8(18)19-13(12-6-16-7-17-12)9-2-3-10(5-15)11(14)4-9;/h2-4,6-7,13H,1H3;/q-1;+1. The molecule has 1 heterocycles. The van der Waals surface area contributed by atoms with E-state index in [4.69, 9.17) is 10.00 Å². The van der Waals surface area contributed by atoms with Gasteiger partial charge in [-0.05, 0) is 0 Å². The van der Waals surface area contributed by atoms with Gasteiger partial charge >= 0.3 is 131 Å².